The molecule has 0 N–H and O–H groups in total. The molecular formula is C54H36B2N2O. The van der Waals surface area contributed by atoms with Crippen molar-refractivity contribution < 1.29 is 4.74 Å². The van der Waals surface area contributed by atoms with Gasteiger partial charge in [0.15, 0.2) is 0 Å². The van der Waals surface area contributed by atoms with Gasteiger partial charge < -0.3 is 14.5 Å². The van der Waals surface area contributed by atoms with Gasteiger partial charge in [0.05, 0.1) is 0 Å². The van der Waals surface area contributed by atoms with Crippen LogP contribution in [-0.2, 0) is 0 Å². The van der Waals surface area contributed by atoms with E-state index in [1.165, 1.54) is 60.7 Å². The lowest BCUT2D eigenvalue weighted by Crippen LogP contribution is -2.63. The van der Waals surface area contributed by atoms with Crippen molar-refractivity contribution >= 4 is 80.3 Å². The average Bonchev–Trinajstić information content (AvgIpc) is 3.31. The maximum Gasteiger partial charge on any atom is 0.256 e. The molecule has 0 bridgehead atoms. The predicted octanol–water partition coefficient (Wildman–Crippen LogP) is 9.73. The molecule has 0 amide bonds. The fraction of sp³-hybridized carbons (Fsp3) is 0. The van der Waals surface area contributed by atoms with Gasteiger partial charge in [-0.15, -0.1) is 0 Å². The highest BCUT2D eigenvalue weighted by molar-refractivity contribution is 7.02. The Morgan fingerprint density at radius 3 is 1.34 bits per heavy atom. The van der Waals surface area contributed by atoms with Crippen LogP contribution in [0.2, 0.25) is 0 Å². The van der Waals surface area contributed by atoms with Gasteiger partial charge in [0.25, 0.3) is 6.71 Å². The smallest absolute Gasteiger partial charge is 0.256 e. The third-order valence-corrected chi connectivity index (χ3v) is 12.4. The Morgan fingerprint density at radius 2 is 0.763 bits per heavy atom. The standard InChI is InChI=1S/C54H36B2N2O/c1-5-19-37(20-6-1)41-27-17-28-42(38-21-7-2-8-22-38)53(41)55-43-29-13-16-32-48(43)58(40-25-11-4-12-26-40)50-36-52-46(35-45(50)55)56-44-30-14-15-31-47(44)57(39-23-9-3-10-24-39)49-33-18-34-51(59-52)54(49)56/h1-36H. The van der Waals surface area contributed by atoms with Gasteiger partial charge in [-0.25, -0.2) is 0 Å². The molecule has 0 atom stereocenters. The van der Waals surface area contributed by atoms with Crippen LogP contribution in [0, 0.1) is 0 Å². The average molecular weight is 751 g/mol. The lowest BCUT2D eigenvalue weighted by atomic mass is 9.30. The molecule has 0 aromatic heterocycles. The van der Waals surface area contributed by atoms with E-state index < -0.39 is 0 Å². The third-order valence-electron chi connectivity index (χ3n) is 12.4. The number of para-hydroxylation sites is 4. The minimum absolute atomic E-state index is 0.0348. The van der Waals surface area contributed by atoms with Crippen molar-refractivity contribution in [1.29, 1.82) is 0 Å². The van der Waals surface area contributed by atoms with E-state index in [0.29, 0.717) is 0 Å². The number of benzene rings is 9. The number of hydrogen-bond donors (Lipinski definition) is 0. The largest absolute Gasteiger partial charge is 0.458 e. The number of ether oxygens (including phenoxy) is 1. The molecule has 0 unspecified atom stereocenters. The zero-order valence-corrected chi connectivity index (χ0v) is 32.2. The van der Waals surface area contributed by atoms with E-state index in [0.717, 1.165) is 39.9 Å². The number of rotatable bonds is 5. The molecule has 0 saturated heterocycles. The van der Waals surface area contributed by atoms with Crippen LogP contribution in [0.1, 0.15) is 0 Å². The van der Waals surface area contributed by atoms with Crippen LogP contribution in [0.5, 0.6) is 11.5 Å². The van der Waals surface area contributed by atoms with Crippen molar-refractivity contribution in [3.8, 4) is 33.8 Å². The highest BCUT2D eigenvalue weighted by Crippen LogP contribution is 2.43. The second-order valence-corrected chi connectivity index (χ2v) is 15.6. The Labute approximate surface area is 345 Å². The third kappa shape index (κ3) is 5.25. The van der Waals surface area contributed by atoms with E-state index in [1.807, 2.05) is 0 Å². The first kappa shape index (κ1) is 33.6. The lowest BCUT2D eigenvalue weighted by molar-refractivity contribution is 0.488. The van der Waals surface area contributed by atoms with Crippen LogP contribution in [0.15, 0.2) is 218 Å². The number of fused-ring (bicyclic) bond motifs is 6. The van der Waals surface area contributed by atoms with Crippen LogP contribution in [0.25, 0.3) is 22.3 Å². The fourth-order valence-corrected chi connectivity index (χ4v) is 9.98. The monoisotopic (exact) mass is 750 g/mol. The Morgan fingerprint density at radius 1 is 0.305 bits per heavy atom. The van der Waals surface area contributed by atoms with Crippen molar-refractivity contribution in [3.05, 3.63) is 218 Å². The summed E-state index contributed by atoms with van der Waals surface area (Å²) >= 11 is 0. The molecule has 0 spiro atoms. The molecule has 3 heterocycles. The summed E-state index contributed by atoms with van der Waals surface area (Å²) in [7, 11) is 0. The van der Waals surface area contributed by atoms with Gasteiger partial charge in [0.2, 0.25) is 6.71 Å². The van der Waals surface area contributed by atoms with E-state index in [9.17, 15) is 0 Å². The summed E-state index contributed by atoms with van der Waals surface area (Å²) in [6.45, 7) is -0.137. The molecular weight excluding hydrogens is 714 g/mol. The first-order valence-electron chi connectivity index (χ1n) is 20.4. The SMILES string of the molecule is c1ccc(-c2cccc(-c3ccccc3)c2B2c3ccccc3N(c3ccccc3)c3cc4c(cc32)B2c3ccccc3N(c3ccccc3)c3cccc(c32)O4)cc1. The molecule has 0 saturated carbocycles. The molecule has 59 heavy (non-hydrogen) atoms. The summed E-state index contributed by atoms with van der Waals surface area (Å²) in [4.78, 5) is 4.84. The Bertz CT molecular complexity index is 2990. The summed E-state index contributed by atoms with van der Waals surface area (Å²) in [5, 5.41) is 0. The second-order valence-electron chi connectivity index (χ2n) is 15.6. The molecule has 12 rings (SSSR count). The minimum Gasteiger partial charge on any atom is -0.458 e. The van der Waals surface area contributed by atoms with Gasteiger partial charge in [0, 0.05) is 40.2 Å². The van der Waals surface area contributed by atoms with Gasteiger partial charge in [-0.3, -0.25) is 0 Å². The zero-order chi connectivity index (χ0) is 38.9. The lowest BCUT2D eigenvalue weighted by Gasteiger charge is -2.42. The van der Waals surface area contributed by atoms with Crippen molar-refractivity contribution in [2.45, 2.75) is 0 Å². The van der Waals surface area contributed by atoms with E-state index in [4.69, 9.17) is 4.74 Å². The fourth-order valence-electron chi connectivity index (χ4n) is 9.98. The van der Waals surface area contributed by atoms with Crippen LogP contribution in [0.4, 0.5) is 34.1 Å². The van der Waals surface area contributed by atoms with E-state index in [-0.39, 0.29) is 13.4 Å². The normalized spacial score (nSPS) is 13.1. The number of hydrogen-bond acceptors (Lipinski definition) is 3. The molecule has 0 aliphatic carbocycles. The van der Waals surface area contributed by atoms with E-state index in [2.05, 4.69) is 228 Å². The van der Waals surface area contributed by atoms with Crippen molar-refractivity contribution in [2.75, 3.05) is 9.80 Å². The topological polar surface area (TPSA) is 15.7 Å². The Hall–Kier alpha value is -7.49. The zero-order valence-electron chi connectivity index (χ0n) is 32.2. The maximum atomic E-state index is 7.14. The van der Waals surface area contributed by atoms with E-state index in [1.54, 1.807) is 0 Å². The maximum absolute atomic E-state index is 7.14. The van der Waals surface area contributed by atoms with Crippen molar-refractivity contribution in [1.82, 2.24) is 0 Å². The minimum atomic E-state index is -0.102. The number of nitrogens with zero attached hydrogens (tertiary/aromatic N) is 2. The summed E-state index contributed by atoms with van der Waals surface area (Å²) in [6.07, 6.45) is 0. The summed E-state index contributed by atoms with van der Waals surface area (Å²) in [5.74, 6) is 1.79. The first-order chi connectivity index (χ1) is 29.3. The number of anilines is 6. The molecule has 5 heteroatoms. The highest BCUT2D eigenvalue weighted by atomic mass is 16.5. The summed E-state index contributed by atoms with van der Waals surface area (Å²) < 4.78 is 7.14. The summed E-state index contributed by atoms with van der Waals surface area (Å²) in [6, 6.07) is 79.4. The highest BCUT2D eigenvalue weighted by Gasteiger charge is 2.45. The molecule has 0 radical (unpaired) electrons. The molecule has 3 aliphatic rings. The van der Waals surface area contributed by atoms with Crippen LogP contribution < -0.4 is 47.3 Å². The van der Waals surface area contributed by atoms with Gasteiger partial charge in [0.1, 0.15) is 11.5 Å². The molecule has 3 aliphatic heterocycles. The van der Waals surface area contributed by atoms with Crippen molar-refractivity contribution in [2.24, 2.45) is 0 Å². The molecule has 9 aromatic rings. The van der Waals surface area contributed by atoms with Gasteiger partial charge in [-0.05, 0) is 98.1 Å². The Kier molecular flexibility index (Phi) is 7.74. The van der Waals surface area contributed by atoms with Crippen LogP contribution in [0.3, 0.4) is 0 Å². The van der Waals surface area contributed by atoms with Crippen LogP contribution in [-0.4, -0.2) is 13.4 Å². The summed E-state index contributed by atoms with van der Waals surface area (Å²) in [5.41, 5.74) is 19.2. The molecule has 3 nitrogen and oxygen atoms in total. The molecule has 274 valence electrons. The van der Waals surface area contributed by atoms with Gasteiger partial charge in [-0.1, -0.05) is 169 Å². The van der Waals surface area contributed by atoms with Gasteiger partial charge >= 0.3 is 0 Å². The van der Waals surface area contributed by atoms with Crippen LogP contribution >= 0.6 is 0 Å². The molecule has 0 fully saturated rings. The predicted molar refractivity (Wildman–Crippen MR) is 249 cm³/mol. The first-order valence-corrected chi connectivity index (χ1v) is 20.4. The van der Waals surface area contributed by atoms with Crippen molar-refractivity contribution in [3.63, 3.8) is 0 Å². The molecule has 9 aromatic carbocycles. The Balaban J connectivity index is 1.17. The van der Waals surface area contributed by atoms with Gasteiger partial charge in [-0.2, -0.15) is 0 Å². The second kappa shape index (κ2) is 13.6. The quantitative estimate of drug-likeness (QED) is 0.163. The van der Waals surface area contributed by atoms with E-state index >= 15 is 0 Å².